The summed E-state index contributed by atoms with van der Waals surface area (Å²) in [5.41, 5.74) is 0.415. The molecule has 1 heterocycles. The van der Waals surface area contributed by atoms with Gasteiger partial charge in [-0.3, -0.25) is 9.59 Å². The van der Waals surface area contributed by atoms with Gasteiger partial charge in [0.15, 0.2) is 4.60 Å². The van der Waals surface area contributed by atoms with Gasteiger partial charge in [-0.05, 0) is 29.8 Å². The molecule has 0 N–H and O–H groups in total. The molecule has 0 aliphatic carbocycles. The average Bonchev–Trinajstić information content (AvgIpc) is 2.05. The first kappa shape index (κ1) is 10.1. The highest BCUT2D eigenvalue weighted by atomic mass is 79.9. The summed E-state index contributed by atoms with van der Waals surface area (Å²) in [5, 5.41) is 0. The van der Waals surface area contributed by atoms with E-state index in [1.165, 1.54) is 11.5 Å². The zero-order valence-corrected chi connectivity index (χ0v) is 8.96. The fourth-order valence-electron chi connectivity index (χ4n) is 0.966. The number of Topliss-reactive ketones (excluding diaryl/α,β-unsaturated/α-hetero) is 1. The monoisotopic (exact) mass is 244 g/mol. The normalized spacial score (nSPS) is 10.1. The average molecular weight is 245 g/mol. The Morgan fingerprint density at radius 1 is 1.69 bits per heavy atom. The van der Waals surface area contributed by atoms with Crippen molar-refractivity contribution in [2.24, 2.45) is 0 Å². The number of ketones is 1. The van der Waals surface area contributed by atoms with Crippen LogP contribution in [0.15, 0.2) is 15.6 Å². The van der Waals surface area contributed by atoms with Crippen molar-refractivity contribution in [2.75, 3.05) is 0 Å². The third kappa shape index (κ3) is 2.24. The molecule has 0 aromatic carbocycles. The number of hydrogen-bond acceptors (Lipinski definition) is 3. The maximum atomic E-state index is 11.4. The Bertz CT molecular complexity index is 398. The van der Waals surface area contributed by atoms with E-state index in [1.807, 2.05) is 0 Å². The highest BCUT2D eigenvalue weighted by molar-refractivity contribution is 9.10. The molecule has 0 radical (unpaired) electrons. The molecule has 5 heteroatoms. The van der Waals surface area contributed by atoms with Crippen molar-refractivity contribution in [1.29, 1.82) is 0 Å². The van der Waals surface area contributed by atoms with Crippen LogP contribution in [0.5, 0.6) is 0 Å². The molecule has 1 aromatic heterocycles. The number of carbonyl (C=O) groups is 1. The van der Waals surface area contributed by atoms with Crippen LogP contribution in [0.25, 0.3) is 0 Å². The van der Waals surface area contributed by atoms with Crippen molar-refractivity contribution < 1.29 is 4.79 Å². The summed E-state index contributed by atoms with van der Waals surface area (Å²) in [6.45, 7) is 3.29. The van der Waals surface area contributed by atoms with Crippen LogP contribution < -0.4 is 5.56 Å². The van der Waals surface area contributed by atoms with E-state index in [9.17, 15) is 9.59 Å². The Labute approximate surface area is 83.7 Å². The molecule has 13 heavy (non-hydrogen) atoms. The van der Waals surface area contributed by atoms with Crippen molar-refractivity contribution in [2.45, 2.75) is 20.4 Å². The number of hydrogen-bond donors (Lipinski definition) is 0. The second-order valence-corrected chi connectivity index (χ2v) is 3.53. The molecule has 0 amide bonds. The van der Waals surface area contributed by atoms with Crippen LogP contribution in [-0.4, -0.2) is 15.3 Å². The van der Waals surface area contributed by atoms with Gasteiger partial charge in [-0.25, -0.2) is 4.98 Å². The predicted octanol–water partition coefficient (Wildman–Crippen LogP) is 0.903. The first-order chi connectivity index (χ1) is 6.02. The summed E-state index contributed by atoms with van der Waals surface area (Å²) in [6, 6.07) is 0. The molecule has 0 unspecified atom stereocenters. The van der Waals surface area contributed by atoms with Crippen LogP contribution in [0, 0.1) is 6.92 Å². The molecular weight excluding hydrogens is 236 g/mol. The molecule has 0 atom stereocenters. The smallest absolute Gasteiger partial charge is 0.284 e. The number of aryl methyl sites for hydroxylation is 1. The standard InChI is InChI=1S/C8H9BrN2O2/c1-5-3-10-7(9)8(13)11(5)4-6(2)12/h3H,4H2,1-2H3. The van der Waals surface area contributed by atoms with Crippen LogP contribution in [0.4, 0.5) is 0 Å². The second-order valence-electron chi connectivity index (χ2n) is 2.78. The molecular formula is C8H9BrN2O2. The quantitative estimate of drug-likeness (QED) is 0.777. The molecule has 0 saturated heterocycles. The Kier molecular flexibility index (Phi) is 2.98. The molecule has 1 aromatic rings. The van der Waals surface area contributed by atoms with Crippen LogP contribution in [0.1, 0.15) is 12.6 Å². The van der Waals surface area contributed by atoms with Crippen molar-refractivity contribution in [3.63, 3.8) is 0 Å². The van der Waals surface area contributed by atoms with Crippen LogP contribution in [0.2, 0.25) is 0 Å². The zero-order chi connectivity index (χ0) is 10.0. The van der Waals surface area contributed by atoms with Gasteiger partial charge in [0.1, 0.15) is 5.78 Å². The first-order valence-electron chi connectivity index (χ1n) is 3.73. The van der Waals surface area contributed by atoms with Gasteiger partial charge >= 0.3 is 0 Å². The topological polar surface area (TPSA) is 52.0 Å². The maximum Gasteiger partial charge on any atom is 0.284 e. The molecule has 0 bridgehead atoms. The Morgan fingerprint density at radius 2 is 2.31 bits per heavy atom. The third-order valence-electron chi connectivity index (χ3n) is 1.59. The number of nitrogens with zero attached hydrogens (tertiary/aromatic N) is 2. The molecule has 70 valence electrons. The van der Waals surface area contributed by atoms with Crippen LogP contribution in [-0.2, 0) is 11.3 Å². The van der Waals surface area contributed by atoms with E-state index < -0.39 is 0 Å². The SMILES string of the molecule is CC(=O)Cn1c(C)cnc(Br)c1=O. The lowest BCUT2D eigenvalue weighted by Crippen LogP contribution is -2.26. The van der Waals surface area contributed by atoms with Crippen molar-refractivity contribution in [3.8, 4) is 0 Å². The number of aromatic nitrogens is 2. The van der Waals surface area contributed by atoms with Gasteiger partial charge in [0, 0.05) is 11.9 Å². The van der Waals surface area contributed by atoms with Crippen molar-refractivity contribution in [3.05, 3.63) is 26.8 Å². The van der Waals surface area contributed by atoms with Crippen LogP contribution in [0.3, 0.4) is 0 Å². The maximum absolute atomic E-state index is 11.4. The number of carbonyl (C=O) groups excluding carboxylic acids is 1. The largest absolute Gasteiger partial charge is 0.302 e. The molecule has 0 fully saturated rings. The molecule has 1 rings (SSSR count). The molecule has 0 aliphatic heterocycles. The minimum atomic E-state index is -0.268. The zero-order valence-electron chi connectivity index (χ0n) is 7.37. The van der Waals surface area contributed by atoms with E-state index in [0.29, 0.717) is 5.69 Å². The van der Waals surface area contributed by atoms with Gasteiger partial charge in [0.05, 0.1) is 6.54 Å². The minimum Gasteiger partial charge on any atom is -0.302 e. The highest BCUT2D eigenvalue weighted by Crippen LogP contribution is 2.00. The second kappa shape index (κ2) is 3.83. The lowest BCUT2D eigenvalue weighted by molar-refractivity contribution is -0.117. The van der Waals surface area contributed by atoms with E-state index in [2.05, 4.69) is 20.9 Å². The van der Waals surface area contributed by atoms with E-state index in [0.717, 1.165) is 0 Å². The highest BCUT2D eigenvalue weighted by Gasteiger charge is 2.06. The first-order valence-corrected chi connectivity index (χ1v) is 4.53. The Balaban J connectivity index is 3.26. The van der Waals surface area contributed by atoms with E-state index >= 15 is 0 Å². The van der Waals surface area contributed by atoms with E-state index in [-0.39, 0.29) is 22.5 Å². The fourth-order valence-corrected chi connectivity index (χ4v) is 1.28. The minimum absolute atomic E-state index is 0.0525. The summed E-state index contributed by atoms with van der Waals surface area (Å²) in [5.74, 6) is -0.0525. The van der Waals surface area contributed by atoms with Gasteiger partial charge in [-0.2, -0.15) is 0 Å². The van der Waals surface area contributed by atoms with Gasteiger partial charge in [-0.15, -0.1) is 0 Å². The van der Waals surface area contributed by atoms with Crippen molar-refractivity contribution >= 4 is 21.7 Å². The summed E-state index contributed by atoms with van der Waals surface area (Å²) in [4.78, 5) is 26.1. The number of rotatable bonds is 2. The van der Waals surface area contributed by atoms with Crippen LogP contribution >= 0.6 is 15.9 Å². The van der Waals surface area contributed by atoms with E-state index in [1.54, 1.807) is 13.1 Å². The summed E-state index contributed by atoms with van der Waals surface area (Å²) >= 11 is 3.01. The van der Waals surface area contributed by atoms with Gasteiger partial charge in [0.2, 0.25) is 0 Å². The predicted molar refractivity (Wildman–Crippen MR) is 51.6 cm³/mol. The fraction of sp³-hybridized carbons (Fsp3) is 0.375. The lowest BCUT2D eigenvalue weighted by atomic mass is 10.4. The Hall–Kier alpha value is -0.970. The molecule has 4 nitrogen and oxygen atoms in total. The van der Waals surface area contributed by atoms with Gasteiger partial charge < -0.3 is 4.57 Å². The number of halogens is 1. The summed E-state index contributed by atoms with van der Waals surface area (Å²) < 4.78 is 1.62. The van der Waals surface area contributed by atoms with E-state index in [4.69, 9.17) is 0 Å². The van der Waals surface area contributed by atoms with Gasteiger partial charge in [-0.1, -0.05) is 0 Å². The van der Waals surface area contributed by atoms with Crippen molar-refractivity contribution in [1.82, 2.24) is 9.55 Å². The third-order valence-corrected chi connectivity index (χ3v) is 2.14. The summed E-state index contributed by atoms with van der Waals surface area (Å²) in [7, 11) is 0. The van der Waals surface area contributed by atoms with Gasteiger partial charge in [0.25, 0.3) is 5.56 Å². The Morgan fingerprint density at radius 3 is 2.85 bits per heavy atom. The lowest BCUT2D eigenvalue weighted by Gasteiger charge is -2.06. The molecule has 0 spiro atoms. The summed E-state index contributed by atoms with van der Waals surface area (Å²) in [6.07, 6.45) is 1.55. The molecule has 0 aliphatic rings. The molecule has 0 saturated carbocycles.